The molecule has 1 aromatic carbocycles. The molecule has 0 saturated heterocycles. The second-order valence-corrected chi connectivity index (χ2v) is 3.02. The maximum atomic E-state index is 12.9. The number of hydrogen-bond donors (Lipinski definition) is 0. The smallest absolute Gasteiger partial charge is 0.200 e. The highest BCUT2D eigenvalue weighted by molar-refractivity contribution is 5.35. The Balaban J connectivity index is 2.50. The van der Waals surface area contributed by atoms with Gasteiger partial charge in [-0.05, 0) is 18.2 Å². The predicted octanol–water partition coefficient (Wildman–Crippen LogP) is 1.77. The summed E-state index contributed by atoms with van der Waals surface area (Å²) in [6, 6.07) is 12.8. The first-order valence-corrected chi connectivity index (χ1v) is 4.38. The third kappa shape index (κ3) is 2.00. The molecule has 3 heteroatoms. The molecule has 15 heavy (non-hydrogen) atoms. The molecule has 0 aliphatic rings. The SMILES string of the molecule is N#Cc1c[c]cc(-[n+]2cccc(F)c2)c1. The fourth-order valence-corrected chi connectivity index (χ4v) is 1.28. The van der Waals surface area contributed by atoms with E-state index in [2.05, 4.69) is 6.07 Å². The molecule has 0 atom stereocenters. The minimum atomic E-state index is -0.320. The summed E-state index contributed by atoms with van der Waals surface area (Å²) in [5, 5.41) is 8.71. The van der Waals surface area contributed by atoms with E-state index in [4.69, 9.17) is 5.26 Å². The van der Waals surface area contributed by atoms with Crippen LogP contribution in [-0.2, 0) is 0 Å². The third-order valence-electron chi connectivity index (χ3n) is 1.97. The zero-order valence-corrected chi connectivity index (χ0v) is 7.81. The van der Waals surface area contributed by atoms with Crippen LogP contribution in [0.1, 0.15) is 5.56 Å². The molecule has 0 amide bonds. The summed E-state index contributed by atoms with van der Waals surface area (Å²) in [6.45, 7) is 0. The molecule has 0 fully saturated rings. The molecule has 1 heterocycles. The summed E-state index contributed by atoms with van der Waals surface area (Å²) < 4.78 is 14.5. The van der Waals surface area contributed by atoms with Crippen LogP contribution in [0.5, 0.6) is 0 Å². The van der Waals surface area contributed by atoms with E-state index in [1.807, 2.05) is 6.07 Å². The Labute approximate surface area is 86.8 Å². The van der Waals surface area contributed by atoms with Gasteiger partial charge in [-0.15, -0.1) is 0 Å². The number of aromatic nitrogens is 1. The van der Waals surface area contributed by atoms with Crippen LogP contribution < -0.4 is 4.57 Å². The second kappa shape index (κ2) is 3.89. The molecule has 0 bridgehead atoms. The average molecular weight is 198 g/mol. The van der Waals surface area contributed by atoms with Crippen molar-refractivity contribution in [1.82, 2.24) is 0 Å². The highest BCUT2D eigenvalue weighted by Crippen LogP contribution is 2.03. The van der Waals surface area contributed by atoms with Crippen molar-refractivity contribution in [3.05, 3.63) is 60.2 Å². The Morgan fingerprint density at radius 1 is 1.40 bits per heavy atom. The summed E-state index contributed by atoms with van der Waals surface area (Å²) in [7, 11) is 0. The highest BCUT2D eigenvalue weighted by atomic mass is 19.1. The largest absolute Gasteiger partial charge is 0.212 e. The molecule has 0 unspecified atom stereocenters. The quantitative estimate of drug-likeness (QED) is 0.642. The van der Waals surface area contributed by atoms with Gasteiger partial charge in [0.25, 0.3) is 0 Å². The molecule has 2 aromatic rings. The van der Waals surface area contributed by atoms with E-state index in [0.29, 0.717) is 11.3 Å². The van der Waals surface area contributed by atoms with Gasteiger partial charge < -0.3 is 0 Å². The van der Waals surface area contributed by atoms with Gasteiger partial charge in [-0.1, -0.05) is 0 Å². The first-order valence-electron chi connectivity index (χ1n) is 4.38. The van der Waals surface area contributed by atoms with Crippen LogP contribution in [0.15, 0.2) is 42.7 Å². The van der Waals surface area contributed by atoms with Gasteiger partial charge in [-0.2, -0.15) is 9.83 Å². The predicted molar refractivity (Wildman–Crippen MR) is 51.5 cm³/mol. The zero-order valence-electron chi connectivity index (χ0n) is 7.81. The molecule has 2 rings (SSSR count). The Bertz CT molecular complexity index is 529. The maximum absolute atomic E-state index is 12.9. The number of benzene rings is 1. The van der Waals surface area contributed by atoms with Gasteiger partial charge in [0.15, 0.2) is 12.0 Å². The maximum Gasteiger partial charge on any atom is 0.212 e. The molecule has 2 nitrogen and oxygen atoms in total. The topological polar surface area (TPSA) is 27.7 Å². The lowest BCUT2D eigenvalue weighted by Gasteiger charge is -1.95. The van der Waals surface area contributed by atoms with Crippen molar-refractivity contribution >= 4 is 0 Å². The molecule has 0 N–H and O–H groups in total. The van der Waals surface area contributed by atoms with Crippen molar-refractivity contribution in [3.8, 4) is 11.8 Å². The molecule has 0 aliphatic heterocycles. The Hall–Kier alpha value is -2.21. The number of halogens is 1. The van der Waals surface area contributed by atoms with Crippen LogP contribution in [-0.4, -0.2) is 0 Å². The fraction of sp³-hybridized carbons (Fsp3) is 0. The Morgan fingerprint density at radius 3 is 3.00 bits per heavy atom. The molecular formula is C12H7FN2+. The van der Waals surface area contributed by atoms with E-state index < -0.39 is 0 Å². The summed E-state index contributed by atoms with van der Waals surface area (Å²) in [5.74, 6) is -0.320. The number of nitrogens with zero attached hydrogens (tertiary/aromatic N) is 2. The van der Waals surface area contributed by atoms with Crippen LogP contribution in [0.25, 0.3) is 5.69 Å². The van der Waals surface area contributed by atoms with Crippen LogP contribution >= 0.6 is 0 Å². The van der Waals surface area contributed by atoms with Crippen LogP contribution in [0.2, 0.25) is 0 Å². The number of nitriles is 1. The summed E-state index contributed by atoms with van der Waals surface area (Å²) in [6.07, 6.45) is 3.07. The lowest BCUT2D eigenvalue weighted by Crippen LogP contribution is -2.29. The monoisotopic (exact) mass is 198 g/mol. The highest BCUT2D eigenvalue weighted by Gasteiger charge is 2.07. The van der Waals surface area contributed by atoms with Crippen molar-refractivity contribution < 1.29 is 8.96 Å². The molecule has 1 aromatic heterocycles. The van der Waals surface area contributed by atoms with Gasteiger partial charge in [0.2, 0.25) is 11.9 Å². The first kappa shape index (κ1) is 9.35. The summed E-state index contributed by atoms with van der Waals surface area (Å²) >= 11 is 0. The standard InChI is InChI=1S/C12H7FN2/c13-11-4-2-6-15(9-11)12-5-1-3-10(7-12)8-14/h2-7,9H/q+1. The number of pyridine rings is 1. The second-order valence-electron chi connectivity index (χ2n) is 3.02. The van der Waals surface area contributed by atoms with E-state index in [1.54, 1.807) is 35.0 Å². The van der Waals surface area contributed by atoms with Crippen molar-refractivity contribution in [2.45, 2.75) is 0 Å². The van der Waals surface area contributed by atoms with E-state index in [9.17, 15) is 4.39 Å². The van der Waals surface area contributed by atoms with Gasteiger partial charge in [0.05, 0.1) is 11.6 Å². The van der Waals surface area contributed by atoms with E-state index in [1.165, 1.54) is 12.3 Å². The van der Waals surface area contributed by atoms with Crippen LogP contribution in [0, 0.1) is 23.2 Å². The minimum Gasteiger partial charge on any atom is -0.200 e. The van der Waals surface area contributed by atoms with Crippen LogP contribution in [0.4, 0.5) is 4.39 Å². The van der Waals surface area contributed by atoms with Crippen LogP contribution in [0.3, 0.4) is 0 Å². The van der Waals surface area contributed by atoms with Gasteiger partial charge >= 0.3 is 0 Å². The van der Waals surface area contributed by atoms with Gasteiger partial charge in [-0.25, -0.2) is 4.39 Å². The summed E-state index contributed by atoms with van der Waals surface area (Å²) in [5.41, 5.74) is 1.22. The first-order chi connectivity index (χ1) is 7.29. The molecule has 0 aliphatic carbocycles. The van der Waals surface area contributed by atoms with E-state index in [-0.39, 0.29) is 5.82 Å². The molecule has 0 saturated carbocycles. The summed E-state index contributed by atoms with van der Waals surface area (Å²) in [4.78, 5) is 0. The molecular weight excluding hydrogens is 191 g/mol. The molecule has 0 spiro atoms. The van der Waals surface area contributed by atoms with Crippen molar-refractivity contribution in [1.29, 1.82) is 5.26 Å². The Kier molecular flexibility index (Phi) is 2.42. The number of hydrogen-bond acceptors (Lipinski definition) is 1. The fourth-order valence-electron chi connectivity index (χ4n) is 1.28. The Morgan fingerprint density at radius 2 is 2.27 bits per heavy atom. The molecule has 1 radical (unpaired) electrons. The lowest BCUT2D eigenvalue weighted by molar-refractivity contribution is -0.597. The third-order valence-corrected chi connectivity index (χ3v) is 1.97. The van der Waals surface area contributed by atoms with Crippen molar-refractivity contribution in [2.24, 2.45) is 0 Å². The minimum absolute atomic E-state index is 0.320. The normalized spacial score (nSPS) is 9.60. The van der Waals surface area contributed by atoms with Gasteiger partial charge in [0.1, 0.15) is 0 Å². The lowest BCUT2D eigenvalue weighted by atomic mass is 10.2. The zero-order chi connectivity index (χ0) is 10.7. The molecule has 71 valence electrons. The van der Waals surface area contributed by atoms with E-state index in [0.717, 1.165) is 0 Å². The number of rotatable bonds is 1. The van der Waals surface area contributed by atoms with Crippen molar-refractivity contribution in [2.75, 3.05) is 0 Å². The van der Waals surface area contributed by atoms with Gasteiger partial charge in [0, 0.05) is 18.2 Å². The average Bonchev–Trinajstić information content (AvgIpc) is 2.29. The van der Waals surface area contributed by atoms with Crippen molar-refractivity contribution in [3.63, 3.8) is 0 Å². The van der Waals surface area contributed by atoms with Gasteiger partial charge in [-0.3, -0.25) is 0 Å². The van der Waals surface area contributed by atoms with E-state index >= 15 is 0 Å².